The first kappa shape index (κ1) is 19.6. The van der Waals surface area contributed by atoms with Gasteiger partial charge in [0.05, 0.1) is 6.61 Å². The van der Waals surface area contributed by atoms with Crippen LogP contribution in [0.4, 0.5) is 11.6 Å². The molecule has 1 aliphatic rings. The molecule has 0 bridgehead atoms. The van der Waals surface area contributed by atoms with Crippen molar-refractivity contribution in [1.82, 2.24) is 14.9 Å². The van der Waals surface area contributed by atoms with Crippen molar-refractivity contribution in [3.63, 3.8) is 0 Å². The standard InChI is InChI=1S/C20H25N5O3/c1-3-5-11-25-19(14-9-7-6-8-10-14)24-18-16(20(25)27)17(22-13-23-18)21-12-15(26)28-4-2/h6-10,13,19H,3-5,11-12H2,1-2H3,(H2,21,22,23,24). The van der Waals surface area contributed by atoms with E-state index in [1.165, 1.54) is 6.33 Å². The number of unbranched alkanes of at least 4 members (excludes halogenated alkanes) is 1. The van der Waals surface area contributed by atoms with Gasteiger partial charge in [0.15, 0.2) is 0 Å². The third-order valence-corrected chi connectivity index (χ3v) is 4.48. The molecule has 0 radical (unpaired) electrons. The lowest BCUT2D eigenvalue weighted by molar-refractivity contribution is -0.140. The number of aromatic nitrogens is 2. The summed E-state index contributed by atoms with van der Waals surface area (Å²) in [5, 5.41) is 6.26. The molecule has 1 unspecified atom stereocenters. The lowest BCUT2D eigenvalue weighted by Gasteiger charge is -2.38. The number of fused-ring (bicyclic) bond motifs is 1. The highest BCUT2D eigenvalue weighted by Gasteiger charge is 2.35. The fourth-order valence-electron chi connectivity index (χ4n) is 3.13. The molecule has 2 N–H and O–H groups in total. The zero-order chi connectivity index (χ0) is 19.9. The molecular formula is C20H25N5O3. The normalized spacial score (nSPS) is 15.6. The first-order valence-electron chi connectivity index (χ1n) is 9.52. The summed E-state index contributed by atoms with van der Waals surface area (Å²) in [6.07, 6.45) is 2.92. The van der Waals surface area contributed by atoms with E-state index in [1.807, 2.05) is 30.3 Å². The van der Waals surface area contributed by atoms with E-state index >= 15 is 0 Å². The van der Waals surface area contributed by atoms with Gasteiger partial charge in [-0.15, -0.1) is 0 Å². The molecule has 28 heavy (non-hydrogen) atoms. The minimum atomic E-state index is -0.406. The minimum Gasteiger partial charge on any atom is -0.465 e. The van der Waals surface area contributed by atoms with Crippen molar-refractivity contribution in [3.8, 4) is 0 Å². The van der Waals surface area contributed by atoms with E-state index in [4.69, 9.17) is 4.74 Å². The Bertz CT molecular complexity index is 828. The van der Waals surface area contributed by atoms with Gasteiger partial charge in [-0.3, -0.25) is 9.59 Å². The monoisotopic (exact) mass is 383 g/mol. The minimum absolute atomic E-state index is 0.0678. The zero-order valence-corrected chi connectivity index (χ0v) is 16.1. The lowest BCUT2D eigenvalue weighted by Crippen LogP contribution is -2.44. The van der Waals surface area contributed by atoms with Crippen LogP contribution in [0.1, 0.15) is 48.8 Å². The molecule has 1 amide bonds. The molecule has 2 heterocycles. The van der Waals surface area contributed by atoms with Crippen molar-refractivity contribution >= 4 is 23.5 Å². The Morgan fingerprint density at radius 3 is 2.75 bits per heavy atom. The summed E-state index contributed by atoms with van der Waals surface area (Å²) in [6, 6.07) is 9.80. The van der Waals surface area contributed by atoms with Crippen LogP contribution in [0.5, 0.6) is 0 Å². The SMILES string of the molecule is CCCCN1C(=O)c2c(NCC(=O)OCC)ncnc2NC1c1ccccc1. The number of rotatable bonds is 8. The van der Waals surface area contributed by atoms with E-state index in [9.17, 15) is 9.59 Å². The number of nitrogens with one attached hydrogen (secondary N) is 2. The summed E-state index contributed by atoms with van der Waals surface area (Å²) in [7, 11) is 0. The molecule has 0 fully saturated rings. The molecule has 1 aromatic heterocycles. The maximum Gasteiger partial charge on any atom is 0.325 e. The molecule has 8 heteroatoms. The topological polar surface area (TPSA) is 96.5 Å². The molecule has 1 aromatic carbocycles. The summed E-state index contributed by atoms with van der Waals surface area (Å²) in [5.41, 5.74) is 1.33. The molecule has 1 aliphatic heterocycles. The molecule has 1 atom stereocenters. The number of ether oxygens (including phenoxy) is 1. The van der Waals surface area contributed by atoms with Gasteiger partial charge in [0.25, 0.3) is 5.91 Å². The molecule has 0 saturated carbocycles. The second-order valence-corrected chi connectivity index (χ2v) is 6.41. The molecule has 0 saturated heterocycles. The van der Waals surface area contributed by atoms with Crippen molar-refractivity contribution in [1.29, 1.82) is 0 Å². The second-order valence-electron chi connectivity index (χ2n) is 6.41. The van der Waals surface area contributed by atoms with Crippen molar-refractivity contribution in [2.75, 3.05) is 30.3 Å². The van der Waals surface area contributed by atoms with Crippen LogP contribution in [0, 0.1) is 0 Å². The van der Waals surface area contributed by atoms with Crippen molar-refractivity contribution in [2.45, 2.75) is 32.9 Å². The highest BCUT2D eigenvalue weighted by molar-refractivity contribution is 6.05. The number of esters is 1. The van der Waals surface area contributed by atoms with Gasteiger partial charge < -0.3 is 20.3 Å². The van der Waals surface area contributed by atoms with Crippen molar-refractivity contribution in [2.24, 2.45) is 0 Å². The van der Waals surface area contributed by atoms with Gasteiger partial charge in [-0.25, -0.2) is 9.97 Å². The third kappa shape index (κ3) is 4.21. The van der Waals surface area contributed by atoms with Gasteiger partial charge in [0.1, 0.15) is 36.2 Å². The smallest absolute Gasteiger partial charge is 0.325 e. The zero-order valence-electron chi connectivity index (χ0n) is 16.1. The Morgan fingerprint density at radius 2 is 2.04 bits per heavy atom. The average Bonchev–Trinajstić information content (AvgIpc) is 2.72. The average molecular weight is 383 g/mol. The quantitative estimate of drug-likeness (QED) is 0.677. The number of hydrogen-bond acceptors (Lipinski definition) is 7. The highest BCUT2D eigenvalue weighted by Crippen LogP contribution is 2.34. The number of carbonyl (C=O) groups is 2. The van der Waals surface area contributed by atoms with Crippen LogP contribution >= 0.6 is 0 Å². The molecule has 3 rings (SSSR count). The number of carbonyl (C=O) groups excluding carboxylic acids is 2. The second kappa shape index (κ2) is 9.16. The van der Waals surface area contributed by atoms with E-state index in [0.29, 0.717) is 30.4 Å². The summed E-state index contributed by atoms with van der Waals surface area (Å²) >= 11 is 0. The van der Waals surface area contributed by atoms with Gasteiger partial charge in [0.2, 0.25) is 0 Å². The fraction of sp³-hybridized carbons (Fsp3) is 0.400. The van der Waals surface area contributed by atoms with Crippen LogP contribution in [0.2, 0.25) is 0 Å². The Morgan fingerprint density at radius 1 is 1.25 bits per heavy atom. The van der Waals surface area contributed by atoms with Crippen LogP contribution in [0.25, 0.3) is 0 Å². The summed E-state index contributed by atoms with van der Waals surface area (Å²) < 4.78 is 4.93. The predicted molar refractivity (Wildman–Crippen MR) is 106 cm³/mol. The van der Waals surface area contributed by atoms with Gasteiger partial charge in [0, 0.05) is 6.54 Å². The molecule has 8 nitrogen and oxygen atoms in total. The Kier molecular flexibility index (Phi) is 6.41. The summed E-state index contributed by atoms with van der Waals surface area (Å²) in [6.45, 7) is 4.66. The molecule has 0 aliphatic carbocycles. The first-order chi connectivity index (χ1) is 13.7. The fourth-order valence-corrected chi connectivity index (χ4v) is 3.13. The Hall–Kier alpha value is -3.16. The van der Waals surface area contributed by atoms with Crippen LogP contribution in [-0.2, 0) is 9.53 Å². The van der Waals surface area contributed by atoms with Gasteiger partial charge in [-0.2, -0.15) is 0 Å². The van der Waals surface area contributed by atoms with E-state index < -0.39 is 5.97 Å². The van der Waals surface area contributed by atoms with Gasteiger partial charge >= 0.3 is 5.97 Å². The molecule has 0 spiro atoms. The number of nitrogens with zero attached hydrogens (tertiary/aromatic N) is 3. The predicted octanol–water partition coefficient (Wildman–Crippen LogP) is 2.82. The maximum absolute atomic E-state index is 13.3. The first-order valence-corrected chi connectivity index (χ1v) is 9.52. The third-order valence-electron chi connectivity index (χ3n) is 4.48. The summed E-state index contributed by atoms with van der Waals surface area (Å²) in [5.74, 6) is 0.204. The number of benzene rings is 1. The maximum atomic E-state index is 13.3. The van der Waals surface area contributed by atoms with Crippen molar-refractivity contribution < 1.29 is 14.3 Å². The van der Waals surface area contributed by atoms with Crippen LogP contribution in [-0.4, -0.2) is 46.4 Å². The number of anilines is 2. The van der Waals surface area contributed by atoms with Crippen molar-refractivity contribution in [3.05, 3.63) is 47.8 Å². The van der Waals surface area contributed by atoms with Crippen LogP contribution < -0.4 is 10.6 Å². The van der Waals surface area contributed by atoms with Crippen LogP contribution in [0.3, 0.4) is 0 Å². The highest BCUT2D eigenvalue weighted by atomic mass is 16.5. The number of amides is 1. The number of hydrogen-bond donors (Lipinski definition) is 2. The largest absolute Gasteiger partial charge is 0.465 e. The Balaban J connectivity index is 1.92. The van der Waals surface area contributed by atoms with Gasteiger partial charge in [-0.05, 0) is 18.9 Å². The van der Waals surface area contributed by atoms with E-state index in [2.05, 4.69) is 27.5 Å². The molecular weight excluding hydrogens is 358 g/mol. The van der Waals surface area contributed by atoms with E-state index in [0.717, 1.165) is 18.4 Å². The molecule has 148 valence electrons. The van der Waals surface area contributed by atoms with E-state index in [1.54, 1.807) is 11.8 Å². The van der Waals surface area contributed by atoms with Crippen LogP contribution in [0.15, 0.2) is 36.7 Å². The summed E-state index contributed by atoms with van der Waals surface area (Å²) in [4.78, 5) is 35.2. The Labute approximate surface area is 164 Å². The lowest BCUT2D eigenvalue weighted by atomic mass is 10.1. The van der Waals surface area contributed by atoms with E-state index in [-0.39, 0.29) is 18.6 Å². The molecule has 2 aromatic rings. The van der Waals surface area contributed by atoms with Gasteiger partial charge in [-0.1, -0.05) is 43.7 Å².